The van der Waals surface area contributed by atoms with E-state index >= 15 is 0 Å². The van der Waals surface area contributed by atoms with Gasteiger partial charge in [0.25, 0.3) is 0 Å². The van der Waals surface area contributed by atoms with Gasteiger partial charge in [0.05, 0.1) is 0 Å². The summed E-state index contributed by atoms with van der Waals surface area (Å²) in [5, 5.41) is 5.08. The number of nitrogens with zero attached hydrogens (tertiary/aromatic N) is 1. The van der Waals surface area contributed by atoms with Crippen molar-refractivity contribution in [1.29, 1.82) is 0 Å². The maximum atomic E-state index is 14.2. The molecule has 26 heavy (non-hydrogen) atoms. The Labute approximate surface area is 148 Å². The second-order valence-electron chi connectivity index (χ2n) is 6.49. The third-order valence-corrected chi connectivity index (χ3v) is 4.73. The largest absolute Gasteiger partial charge is 0.490 e. The molecule has 1 N–H and O–H groups in total. The molecule has 1 aliphatic carbocycles. The lowest BCUT2D eigenvalue weighted by atomic mass is 9.89. The molecule has 0 amide bonds. The van der Waals surface area contributed by atoms with E-state index in [-0.39, 0.29) is 18.0 Å². The molecule has 0 saturated heterocycles. The van der Waals surface area contributed by atoms with Gasteiger partial charge in [0.15, 0.2) is 11.6 Å². The number of ether oxygens (including phenoxy) is 1. The molecule has 4 rings (SSSR count). The van der Waals surface area contributed by atoms with E-state index in [0.29, 0.717) is 17.9 Å². The van der Waals surface area contributed by atoms with Gasteiger partial charge in [-0.2, -0.15) is 0 Å². The standard InChI is InChI=1S/C20H17F3N2O/c21-18-3-1-12-10-24-6-5-16(12)17(18)11-25-13-7-15(8-13)26-14-2-4-19(22)20(23)9-14/h1-6,9-10,13,15,25H,7-8,11H2. The van der Waals surface area contributed by atoms with Crippen LogP contribution >= 0.6 is 0 Å². The monoisotopic (exact) mass is 358 g/mol. The van der Waals surface area contributed by atoms with Gasteiger partial charge in [0, 0.05) is 42.0 Å². The summed E-state index contributed by atoms with van der Waals surface area (Å²) in [6.07, 6.45) is 4.77. The zero-order valence-corrected chi connectivity index (χ0v) is 13.9. The summed E-state index contributed by atoms with van der Waals surface area (Å²) < 4.78 is 45.9. The summed E-state index contributed by atoms with van der Waals surface area (Å²) >= 11 is 0. The molecule has 3 nitrogen and oxygen atoms in total. The Balaban J connectivity index is 1.34. The summed E-state index contributed by atoms with van der Waals surface area (Å²) in [7, 11) is 0. The lowest BCUT2D eigenvalue weighted by Gasteiger charge is -2.36. The van der Waals surface area contributed by atoms with Crippen LogP contribution in [0.5, 0.6) is 5.75 Å². The average Bonchev–Trinajstić information content (AvgIpc) is 2.61. The van der Waals surface area contributed by atoms with Crippen molar-refractivity contribution in [1.82, 2.24) is 10.3 Å². The highest BCUT2D eigenvalue weighted by Crippen LogP contribution is 2.28. The summed E-state index contributed by atoms with van der Waals surface area (Å²) in [4.78, 5) is 4.06. The maximum Gasteiger partial charge on any atom is 0.162 e. The zero-order valence-electron chi connectivity index (χ0n) is 13.9. The molecule has 0 spiro atoms. The second kappa shape index (κ2) is 6.96. The highest BCUT2D eigenvalue weighted by Gasteiger charge is 2.30. The summed E-state index contributed by atoms with van der Waals surface area (Å²) in [6.45, 7) is 0.412. The van der Waals surface area contributed by atoms with Crippen LogP contribution in [0.4, 0.5) is 13.2 Å². The van der Waals surface area contributed by atoms with Gasteiger partial charge in [-0.15, -0.1) is 0 Å². The molecule has 0 aliphatic heterocycles. The number of halogens is 3. The predicted octanol–water partition coefficient (Wildman–Crippen LogP) is 4.35. The van der Waals surface area contributed by atoms with Crippen LogP contribution in [0.25, 0.3) is 10.8 Å². The fourth-order valence-corrected chi connectivity index (χ4v) is 3.20. The minimum Gasteiger partial charge on any atom is -0.490 e. The normalized spacial score (nSPS) is 19.3. The van der Waals surface area contributed by atoms with Crippen LogP contribution in [0.3, 0.4) is 0 Å². The molecule has 0 radical (unpaired) electrons. The fourth-order valence-electron chi connectivity index (χ4n) is 3.20. The van der Waals surface area contributed by atoms with Crippen molar-refractivity contribution in [2.75, 3.05) is 0 Å². The molecule has 6 heteroatoms. The van der Waals surface area contributed by atoms with Gasteiger partial charge < -0.3 is 10.1 Å². The van der Waals surface area contributed by atoms with Crippen LogP contribution < -0.4 is 10.1 Å². The number of aromatic nitrogens is 1. The topological polar surface area (TPSA) is 34.1 Å². The molecule has 134 valence electrons. The summed E-state index contributed by atoms with van der Waals surface area (Å²) in [5.41, 5.74) is 0.620. The molecular formula is C20H17F3N2O. The van der Waals surface area contributed by atoms with E-state index in [1.54, 1.807) is 18.5 Å². The van der Waals surface area contributed by atoms with Crippen LogP contribution in [0, 0.1) is 17.5 Å². The third kappa shape index (κ3) is 3.37. The van der Waals surface area contributed by atoms with Crippen molar-refractivity contribution in [3.05, 3.63) is 71.8 Å². The molecule has 2 aromatic carbocycles. The van der Waals surface area contributed by atoms with Crippen molar-refractivity contribution >= 4 is 10.8 Å². The smallest absolute Gasteiger partial charge is 0.162 e. The molecule has 3 aromatic rings. The van der Waals surface area contributed by atoms with Crippen LogP contribution in [0.1, 0.15) is 18.4 Å². The maximum absolute atomic E-state index is 14.2. The van der Waals surface area contributed by atoms with E-state index in [1.807, 2.05) is 6.07 Å². The number of fused-ring (bicyclic) bond motifs is 1. The van der Waals surface area contributed by atoms with Crippen LogP contribution in [0.2, 0.25) is 0 Å². The highest BCUT2D eigenvalue weighted by atomic mass is 19.2. The fraction of sp³-hybridized carbons (Fsp3) is 0.250. The van der Waals surface area contributed by atoms with Gasteiger partial charge in [-0.3, -0.25) is 4.98 Å². The predicted molar refractivity (Wildman–Crippen MR) is 92.3 cm³/mol. The van der Waals surface area contributed by atoms with Crippen molar-refractivity contribution in [2.45, 2.75) is 31.5 Å². The molecule has 0 atom stereocenters. The average molecular weight is 358 g/mol. The quantitative estimate of drug-likeness (QED) is 0.736. The summed E-state index contributed by atoms with van der Waals surface area (Å²) in [5.74, 6) is -1.74. The minimum absolute atomic E-state index is 0.0566. The lowest BCUT2D eigenvalue weighted by Crippen LogP contribution is -2.46. The Morgan fingerprint density at radius 1 is 1.00 bits per heavy atom. The van der Waals surface area contributed by atoms with Crippen LogP contribution in [-0.4, -0.2) is 17.1 Å². The molecule has 1 aliphatic rings. The molecule has 1 fully saturated rings. The van der Waals surface area contributed by atoms with Crippen molar-refractivity contribution in [3.8, 4) is 5.75 Å². The Bertz CT molecular complexity index is 941. The first-order valence-electron chi connectivity index (χ1n) is 8.46. The first kappa shape index (κ1) is 16.8. The number of rotatable bonds is 5. The van der Waals surface area contributed by atoms with Crippen molar-refractivity contribution in [2.24, 2.45) is 0 Å². The van der Waals surface area contributed by atoms with E-state index < -0.39 is 11.6 Å². The van der Waals surface area contributed by atoms with Crippen molar-refractivity contribution in [3.63, 3.8) is 0 Å². The van der Waals surface area contributed by atoms with E-state index in [9.17, 15) is 13.2 Å². The van der Waals surface area contributed by atoms with Crippen LogP contribution in [-0.2, 0) is 6.54 Å². The van der Waals surface area contributed by atoms with E-state index in [1.165, 1.54) is 12.1 Å². The SMILES string of the molecule is Fc1ccc(OC2CC(NCc3c(F)ccc4cnccc34)C2)cc1F. The Morgan fingerprint density at radius 2 is 1.81 bits per heavy atom. The van der Waals surface area contributed by atoms with E-state index in [2.05, 4.69) is 10.3 Å². The summed E-state index contributed by atoms with van der Waals surface area (Å²) in [6, 6.07) is 8.70. The molecule has 0 unspecified atom stereocenters. The molecular weight excluding hydrogens is 341 g/mol. The molecule has 1 saturated carbocycles. The number of hydrogen-bond donors (Lipinski definition) is 1. The zero-order chi connectivity index (χ0) is 18.1. The van der Waals surface area contributed by atoms with Crippen LogP contribution in [0.15, 0.2) is 48.8 Å². The molecule has 0 bridgehead atoms. The van der Waals surface area contributed by atoms with Gasteiger partial charge in [-0.1, -0.05) is 0 Å². The lowest BCUT2D eigenvalue weighted by molar-refractivity contribution is 0.0838. The first-order valence-corrected chi connectivity index (χ1v) is 8.46. The highest BCUT2D eigenvalue weighted by molar-refractivity contribution is 5.84. The van der Waals surface area contributed by atoms with Gasteiger partial charge in [-0.05, 0) is 48.6 Å². The number of benzene rings is 2. The van der Waals surface area contributed by atoms with E-state index in [0.717, 1.165) is 35.7 Å². The number of nitrogens with one attached hydrogen (secondary N) is 1. The van der Waals surface area contributed by atoms with Gasteiger partial charge >= 0.3 is 0 Å². The second-order valence-corrected chi connectivity index (χ2v) is 6.49. The Kier molecular flexibility index (Phi) is 4.51. The van der Waals surface area contributed by atoms with E-state index in [4.69, 9.17) is 4.74 Å². The number of pyridine rings is 1. The number of hydrogen-bond acceptors (Lipinski definition) is 3. The Morgan fingerprint density at radius 3 is 2.62 bits per heavy atom. The molecule has 1 aromatic heterocycles. The van der Waals surface area contributed by atoms with Gasteiger partial charge in [0.2, 0.25) is 0 Å². The molecule has 1 heterocycles. The van der Waals surface area contributed by atoms with Gasteiger partial charge in [0.1, 0.15) is 17.7 Å². The van der Waals surface area contributed by atoms with Crippen molar-refractivity contribution < 1.29 is 17.9 Å². The Hall–Kier alpha value is -2.60. The third-order valence-electron chi connectivity index (χ3n) is 4.73. The van der Waals surface area contributed by atoms with Gasteiger partial charge in [-0.25, -0.2) is 13.2 Å². The minimum atomic E-state index is -0.919. The first-order chi connectivity index (χ1) is 12.6.